The average molecular weight is 336 g/mol. The van der Waals surface area contributed by atoms with E-state index in [4.69, 9.17) is 0 Å². The Hall–Kier alpha value is -1.60. The van der Waals surface area contributed by atoms with Crippen LogP contribution in [0.2, 0.25) is 0 Å². The number of hydrogen-bond acceptors (Lipinski definition) is 6. The van der Waals surface area contributed by atoms with Gasteiger partial charge in [-0.2, -0.15) is 0 Å². The van der Waals surface area contributed by atoms with Crippen LogP contribution >= 0.6 is 23.1 Å². The van der Waals surface area contributed by atoms with Gasteiger partial charge in [0, 0.05) is 7.05 Å². The Morgan fingerprint density at radius 2 is 2.05 bits per heavy atom. The second kappa shape index (κ2) is 8.14. The molecule has 0 bridgehead atoms. The summed E-state index contributed by atoms with van der Waals surface area (Å²) in [6.45, 7) is 4.13. The van der Waals surface area contributed by atoms with Crippen LogP contribution in [0.1, 0.15) is 30.5 Å². The van der Waals surface area contributed by atoms with Gasteiger partial charge in [0.1, 0.15) is 0 Å². The van der Waals surface area contributed by atoms with Gasteiger partial charge in [0.05, 0.1) is 11.8 Å². The highest BCUT2D eigenvalue weighted by atomic mass is 32.2. The average Bonchev–Trinajstić information content (AvgIpc) is 2.99. The predicted octanol–water partition coefficient (Wildman–Crippen LogP) is 3.25. The Kier molecular flexibility index (Phi) is 6.21. The minimum atomic E-state index is 0.0126. The number of thioether (sulfide) groups is 1. The van der Waals surface area contributed by atoms with Crippen molar-refractivity contribution < 1.29 is 4.79 Å². The fraction of sp³-hybridized carbons (Fsp3) is 0.400. The van der Waals surface area contributed by atoms with E-state index >= 15 is 0 Å². The summed E-state index contributed by atoms with van der Waals surface area (Å²) in [5.41, 5.74) is 2.36. The second-order valence-electron chi connectivity index (χ2n) is 4.85. The molecule has 2 N–H and O–H groups in total. The molecule has 0 saturated carbocycles. The molecule has 0 saturated heterocycles. The maximum absolute atomic E-state index is 12.1. The number of nitrogens with zero attached hydrogens (tertiary/aromatic N) is 2. The molecule has 0 aliphatic carbocycles. The Bertz CT molecular complexity index is 612. The maximum atomic E-state index is 12.1. The number of hydrogen-bond donors (Lipinski definition) is 2. The van der Waals surface area contributed by atoms with Gasteiger partial charge >= 0.3 is 0 Å². The van der Waals surface area contributed by atoms with Crippen molar-refractivity contribution in [2.45, 2.75) is 30.6 Å². The fourth-order valence-electron chi connectivity index (χ4n) is 1.95. The van der Waals surface area contributed by atoms with E-state index in [0.717, 1.165) is 21.5 Å². The lowest BCUT2D eigenvalue weighted by Gasteiger charge is -2.17. The molecular weight excluding hydrogens is 316 g/mol. The SMILES string of the molecule is CC[C@@H](NC(=O)CSc1nnc(NC)s1)c1ccc(C)cc1. The molecule has 0 spiro atoms. The molecule has 0 aliphatic heterocycles. The molecule has 2 aromatic rings. The van der Waals surface area contributed by atoms with E-state index < -0.39 is 0 Å². The quantitative estimate of drug-likeness (QED) is 0.760. The lowest BCUT2D eigenvalue weighted by Crippen LogP contribution is -2.29. The third kappa shape index (κ3) is 4.71. The van der Waals surface area contributed by atoms with E-state index in [2.05, 4.69) is 58.9 Å². The first-order valence-corrected chi connectivity index (χ1v) is 8.92. The van der Waals surface area contributed by atoms with Crippen molar-refractivity contribution in [1.82, 2.24) is 15.5 Å². The molecular formula is C15H20N4OS2. The number of carbonyl (C=O) groups excluding carboxylic acids is 1. The molecule has 0 radical (unpaired) electrons. The van der Waals surface area contributed by atoms with Crippen molar-refractivity contribution in [2.24, 2.45) is 0 Å². The van der Waals surface area contributed by atoms with E-state index in [9.17, 15) is 4.79 Å². The van der Waals surface area contributed by atoms with E-state index in [1.165, 1.54) is 28.7 Å². The zero-order chi connectivity index (χ0) is 15.9. The van der Waals surface area contributed by atoms with Crippen LogP contribution in [0.5, 0.6) is 0 Å². The molecule has 1 atom stereocenters. The van der Waals surface area contributed by atoms with Crippen LogP contribution in [-0.2, 0) is 4.79 Å². The highest BCUT2D eigenvalue weighted by Gasteiger charge is 2.13. The molecule has 1 heterocycles. The normalized spacial score (nSPS) is 12.0. The number of anilines is 1. The van der Waals surface area contributed by atoms with Crippen LogP contribution in [0.3, 0.4) is 0 Å². The Labute approximate surface area is 138 Å². The van der Waals surface area contributed by atoms with Crippen LogP contribution in [0.25, 0.3) is 0 Å². The van der Waals surface area contributed by atoms with Crippen molar-refractivity contribution in [2.75, 3.05) is 18.1 Å². The van der Waals surface area contributed by atoms with Gasteiger partial charge in [0.25, 0.3) is 0 Å². The van der Waals surface area contributed by atoms with E-state index in [1.54, 1.807) is 7.05 Å². The van der Waals surface area contributed by atoms with Crippen LogP contribution in [0.4, 0.5) is 5.13 Å². The zero-order valence-electron chi connectivity index (χ0n) is 12.9. The molecule has 0 unspecified atom stereocenters. The van der Waals surface area contributed by atoms with Crippen molar-refractivity contribution in [1.29, 1.82) is 0 Å². The molecule has 1 amide bonds. The van der Waals surface area contributed by atoms with Gasteiger partial charge in [0.2, 0.25) is 11.0 Å². The molecule has 2 rings (SSSR count). The van der Waals surface area contributed by atoms with E-state index in [1.807, 2.05) is 0 Å². The molecule has 0 aliphatic rings. The van der Waals surface area contributed by atoms with Crippen LogP contribution in [0.15, 0.2) is 28.6 Å². The maximum Gasteiger partial charge on any atom is 0.230 e. The second-order valence-corrected chi connectivity index (χ2v) is 7.05. The Morgan fingerprint density at radius 3 is 2.64 bits per heavy atom. The first-order chi connectivity index (χ1) is 10.6. The lowest BCUT2D eigenvalue weighted by molar-refractivity contribution is -0.119. The number of nitrogens with one attached hydrogen (secondary N) is 2. The summed E-state index contributed by atoms with van der Waals surface area (Å²) in [7, 11) is 1.80. The van der Waals surface area contributed by atoms with Crippen LogP contribution in [0, 0.1) is 6.92 Å². The largest absolute Gasteiger partial charge is 0.363 e. The van der Waals surface area contributed by atoms with Gasteiger partial charge in [-0.3, -0.25) is 4.79 Å². The number of rotatable bonds is 7. The van der Waals surface area contributed by atoms with E-state index in [-0.39, 0.29) is 11.9 Å². The minimum absolute atomic E-state index is 0.0126. The van der Waals surface area contributed by atoms with Gasteiger partial charge in [-0.1, -0.05) is 59.9 Å². The summed E-state index contributed by atoms with van der Waals surface area (Å²) in [6.07, 6.45) is 0.863. The first-order valence-electron chi connectivity index (χ1n) is 7.12. The highest BCUT2D eigenvalue weighted by molar-refractivity contribution is 8.01. The van der Waals surface area contributed by atoms with E-state index in [0.29, 0.717) is 5.75 Å². The van der Waals surface area contributed by atoms with Gasteiger partial charge in [-0.15, -0.1) is 10.2 Å². The Balaban J connectivity index is 1.87. The molecule has 5 nitrogen and oxygen atoms in total. The van der Waals surface area contributed by atoms with Gasteiger partial charge in [0.15, 0.2) is 4.34 Å². The molecule has 0 fully saturated rings. The highest BCUT2D eigenvalue weighted by Crippen LogP contribution is 2.25. The topological polar surface area (TPSA) is 66.9 Å². The summed E-state index contributed by atoms with van der Waals surface area (Å²) in [6, 6.07) is 8.33. The number of aromatic nitrogens is 2. The fourth-order valence-corrected chi connectivity index (χ4v) is 3.47. The first kappa shape index (κ1) is 16.8. The number of benzene rings is 1. The van der Waals surface area contributed by atoms with Crippen LogP contribution in [-0.4, -0.2) is 28.9 Å². The molecule has 22 heavy (non-hydrogen) atoms. The molecule has 1 aromatic carbocycles. The van der Waals surface area contributed by atoms with Crippen molar-refractivity contribution in [3.63, 3.8) is 0 Å². The van der Waals surface area contributed by atoms with Gasteiger partial charge in [-0.25, -0.2) is 0 Å². The van der Waals surface area contributed by atoms with Crippen molar-refractivity contribution in [3.05, 3.63) is 35.4 Å². The Morgan fingerprint density at radius 1 is 1.32 bits per heavy atom. The zero-order valence-corrected chi connectivity index (χ0v) is 14.6. The predicted molar refractivity (Wildman–Crippen MR) is 92.5 cm³/mol. The van der Waals surface area contributed by atoms with Crippen molar-refractivity contribution in [3.8, 4) is 0 Å². The number of aryl methyl sites for hydroxylation is 1. The third-order valence-corrected chi connectivity index (χ3v) is 5.24. The molecule has 1 aromatic heterocycles. The third-order valence-electron chi connectivity index (χ3n) is 3.17. The standard InChI is InChI=1S/C15H20N4OS2/c1-4-12(11-7-5-10(2)6-8-11)17-13(20)9-21-15-19-18-14(16-3)22-15/h5-8,12H,4,9H2,1-3H3,(H,16,18)(H,17,20)/t12-/m1/s1. The van der Waals surface area contributed by atoms with Gasteiger partial charge in [-0.05, 0) is 18.9 Å². The monoisotopic (exact) mass is 336 g/mol. The lowest BCUT2D eigenvalue weighted by atomic mass is 10.0. The molecule has 118 valence electrons. The summed E-state index contributed by atoms with van der Waals surface area (Å²) in [4.78, 5) is 12.1. The number of carbonyl (C=O) groups is 1. The smallest absolute Gasteiger partial charge is 0.230 e. The summed E-state index contributed by atoms with van der Waals surface area (Å²) in [5, 5.41) is 14.7. The molecule has 7 heteroatoms. The summed E-state index contributed by atoms with van der Waals surface area (Å²) < 4.78 is 0.794. The van der Waals surface area contributed by atoms with Crippen molar-refractivity contribution >= 4 is 34.1 Å². The van der Waals surface area contributed by atoms with Gasteiger partial charge < -0.3 is 10.6 Å². The minimum Gasteiger partial charge on any atom is -0.363 e. The summed E-state index contributed by atoms with van der Waals surface area (Å²) in [5.74, 6) is 0.361. The van der Waals surface area contributed by atoms with Crippen LogP contribution < -0.4 is 10.6 Å². The number of amides is 1. The summed E-state index contributed by atoms with van der Waals surface area (Å²) >= 11 is 2.85.